The molecule has 1 aromatic rings. The van der Waals surface area contributed by atoms with Crippen LogP contribution in [0.1, 0.15) is 12.5 Å². The molecule has 0 aliphatic heterocycles. The molecular weight excluding hydrogens is 300 g/mol. The molecule has 0 spiro atoms. The molecule has 0 radical (unpaired) electrons. The van der Waals surface area contributed by atoms with Crippen molar-refractivity contribution in [1.29, 1.82) is 0 Å². The lowest BCUT2D eigenvalue weighted by molar-refractivity contribution is -0.131. The van der Waals surface area contributed by atoms with E-state index >= 15 is 0 Å². The molecule has 0 aliphatic rings. The number of benzene rings is 1. The molecule has 1 unspecified atom stereocenters. The van der Waals surface area contributed by atoms with E-state index in [4.69, 9.17) is 14.6 Å². The van der Waals surface area contributed by atoms with Crippen molar-refractivity contribution in [2.45, 2.75) is 13.0 Å². The van der Waals surface area contributed by atoms with Crippen molar-refractivity contribution in [1.82, 2.24) is 0 Å². The van der Waals surface area contributed by atoms with Crippen LogP contribution < -0.4 is 4.74 Å². The molecule has 1 aromatic carbocycles. The van der Waals surface area contributed by atoms with Crippen LogP contribution in [0.15, 0.2) is 28.7 Å². The molecule has 0 aliphatic carbocycles. The predicted octanol–water partition coefficient (Wildman–Crippen LogP) is 2.96. The van der Waals surface area contributed by atoms with E-state index < -0.39 is 5.97 Å². The molecule has 1 atom stereocenters. The molecule has 4 nitrogen and oxygen atoms in total. The van der Waals surface area contributed by atoms with Gasteiger partial charge in [-0.3, -0.25) is 0 Å². The van der Waals surface area contributed by atoms with Gasteiger partial charge in [0.05, 0.1) is 6.61 Å². The van der Waals surface area contributed by atoms with E-state index in [-0.39, 0.29) is 6.10 Å². The second-order valence-electron chi connectivity index (χ2n) is 3.74. The standard InChI is InChI=1S/C13H15BrO4/c1-9(8-17-2)18-11-4-5-12(14)10(7-11)3-6-13(15)16/h3-7,9H,8H2,1-2H3,(H,15,16)/b6-3+. The lowest BCUT2D eigenvalue weighted by Gasteiger charge is -2.14. The molecule has 0 fully saturated rings. The van der Waals surface area contributed by atoms with Crippen LogP contribution in [0.2, 0.25) is 0 Å². The van der Waals surface area contributed by atoms with Gasteiger partial charge in [-0.15, -0.1) is 0 Å². The first kappa shape index (κ1) is 14.7. The van der Waals surface area contributed by atoms with Crippen molar-refractivity contribution in [3.63, 3.8) is 0 Å². The van der Waals surface area contributed by atoms with Gasteiger partial charge in [0.15, 0.2) is 0 Å². The molecule has 98 valence electrons. The van der Waals surface area contributed by atoms with E-state index in [0.29, 0.717) is 12.4 Å². The maximum atomic E-state index is 10.5. The predicted molar refractivity (Wildman–Crippen MR) is 72.8 cm³/mol. The number of hydrogen-bond acceptors (Lipinski definition) is 3. The third-order valence-electron chi connectivity index (χ3n) is 2.11. The van der Waals surface area contributed by atoms with Crippen LogP contribution >= 0.6 is 15.9 Å². The summed E-state index contributed by atoms with van der Waals surface area (Å²) in [6.45, 7) is 2.40. The first-order valence-corrected chi connectivity index (χ1v) is 6.18. The summed E-state index contributed by atoms with van der Waals surface area (Å²) in [6.07, 6.45) is 2.54. The SMILES string of the molecule is COCC(C)Oc1ccc(Br)c(/C=C/C(=O)O)c1. The summed E-state index contributed by atoms with van der Waals surface area (Å²) in [5, 5.41) is 8.60. The van der Waals surface area contributed by atoms with Crippen LogP contribution in [0.25, 0.3) is 6.08 Å². The first-order chi connectivity index (χ1) is 8.52. The van der Waals surface area contributed by atoms with Crippen molar-refractivity contribution in [2.75, 3.05) is 13.7 Å². The largest absolute Gasteiger partial charge is 0.488 e. The number of ether oxygens (including phenoxy) is 2. The Balaban J connectivity index is 2.83. The van der Waals surface area contributed by atoms with Crippen molar-refractivity contribution in [2.24, 2.45) is 0 Å². The topological polar surface area (TPSA) is 55.8 Å². The first-order valence-electron chi connectivity index (χ1n) is 5.39. The van der Waals surface area contributed by atoms with Gasteiger partial charge in [-0.2, -0.15) is 0 Å². The van der Waals surface area contributed by atoms with Gasteiger partial charge < -0.3 is 14.6 Å². The summed E-state index contributed by atoms with van der Waals surface area (Å²) >= 11 is 3.35. The van der Waals surface area contributed by atoms with Crippen LogP contribution in [0, 0.1) is 0 Å². The molecule has 0 aromatic heterocycles. The number of methoxy groups -OCH3 is 1. The fraction of sp³-hybridized carbons (Fsp3) is 0.308. The average molecular weight is 315 g/mol. The highest BCUT2D eigenvalue weighted by Crippen LogP contribution is 2.24. The van der Waals surface area contributed by atoms with Crippen LogP contribution in [0.4, 0.5) is 0 Å². The minimum Gasteiger partial charge on any atom is -0.488 e. The third-order valence-corrected chi connectivity index (χ3v) is 2.83. The Morgan fingerprint density at radius 1 is 1.56 bits per heavy atom. The summed E-state index contributed by atoms with van der Waals surface area (Å²) in [4.78, 5) is 10.5. The van der Waals surface area contributed by atoms with Gasteiger partial charge in [0.2, 0.25) is 0 Å². The smallest absolute Gasteiger partial charge is 0.328 e. The van der Waals surface area contributed by atoms with Crippen molar-refractivity contribution in [3.8, 4) is 5.75 Å². The Bertz CT molecular complexity index is 443. The van der Waals surface area contributed by atoms with E-state index in [9.17, 15) is 4.79 Å². The summed E-state index contributed by atoms with van der Waals surface area (Å²) in [5.41, 5.74) is 0.750. The maximum Gasteiger partial charge on any atom is 0.328 e. The van der Waals surface area contributed by atoms with E-state index in [0.717, 1.165) is 16.1 Å². The molecule has 1 N–H and O–H groups in total. The quantitative estimate of drug-likeness (QED) is 0.820. The molecule has 0 bridgehead atoms. The maximum absolute atomic E-state index is 10.5. The van der Waals surface area contributed by atoms with Crippen molar-refractivity contribution >= 4 is 28.0 Å². The molecule has 0 saturated carbocycles. The normalized spacial score (nSPS) is 12.6. The third kappa shape index (κ3) is 4.89. The second kappa shape index (κ2) is 7.18. The van der Waals surface area contributed by atoms with Gasteiger partial charge in [-0.25, -0.2) is 4.79 Å². The highest BCUT2D eigenvalue weighted by Gasteiger charge is 2.05. The highest BCUT2D eigenvalue weighted by molar-refractivity contribution is 9.10. The zero-order chi connectivity index (χ0) is 13.5. The van der Waals surface area contributed by atoms with Crippen molar-refractivity contribution in [3.05, 3.63) is 34.3 Å². The molecule has 0 heterocycles. The lowest BCUT2D eigenvalue weighted by Crippen LogP contribution is -2.17. The van der Waals surface area contributed by atoms with Gasteiger partial charge in [-0.05, 0) is 36.8 Å². The molecule has 1 rings (SSSR count). The molecule has 18 heavy (non-hydrogen) atoms. The van der Waals surface area contributed by atoms with Crippen LogP contribution in [0.5, 0.6) is 5.75 Å². The van der Waals surface area contributed by atoms with Crippen LogP contribution in [-0.4, -0.2) is 30.9 Å². The summed E-state index contributed by atoms with van der Waals surface area (Å²) < 4.78 is 11.4. The zero-order valence-corrected chi connectivity index (χ0v) is 11.8. The fourth-order valence-electron chi connectivity index (χ4n) is 1.38. The van der Waals surface area contributed by atoms with E-state index in [1.54, 1.807) is 13.2 Å². The molecule has 5 heteroatoms. The Kier molecular flexibility index (Phi) is 5.88. The Hall–Kier alpha value is -1.33. The number of halogens is 1. The van der Waals surface area contributed by atoms with Gasteiger partial charge in [0, 0.05) is 17.7 Å². The monoisotopic (exact) mass is 314 g/mol. The van der Waals surface area contributed by atoms with Gasteiger partial charge in [-0.1, -0.05) is 15.9 Å². The molecular formula is C13H15BrO4. The average Bonchev–Trinajstić information content (AvgIpc) is 2.30. The van der Waals surface area contributed by atoms with Gasteiger partial charge in [0.1, 0.15) is 11.9 Å². The second-order valence-corrected chi connectivity index (χ2v) is 4.59. The van der Waals surface area contributed by atoms with Gasteiger partial charge >= 0.3 is 5.97 Å². The van der Waals surface area contributed by atoms with E-state index in [2.05, 4.69) is 15.9 Å². The van der Waals surface area contributed by atoms with E-state index in [1.165, 1.54) is 6.08 Å². The Morgan fingerprint density at radius 3 is 2.89 bits per heavy atom. The van der Waals surface area contributed by atoms with E-state index in [1.807, 2.05) is 19.1 Å². The number of carbonyl (C=O) groups is 1. The Labute approximate surface area is 114 Å². The zero-order valence-electron chi connectivity index (χ0n) is 10.2. The summed E-state index contributed by atoms with van der Waals surface area (Å²) in [6, 6.07) is 5.40. The van der Waals surface area contributed by atoms with Crippen LogP contribution in [-0.2, 0) is 9.53 Å². The summed E-state index contributed by atoms with van der Waals surface area (Å²) in [5.74, 6) is -0.311. The minimum atomic E-state index is -0.985. The molecule has 0 amide bonds. The lowest BCUT2D eigenvalue weighted by atomic mass is 10.2. The molecule has 0 saturated heterocycles. The summed E-state index contributed by atoms with van der Waals surface area (Å²) in [7, 11) is 1.61. The number of rotatable bonds is 6. The van der Waals surface area contributed by atoms with Crippen LogP contribution in [0.3, 0.4) is 0 Å². The number of carboxylic acid groups (broad SMARTS) is 1. The minimum absolute atomic E-state index is 0.0625. The van der Waals surface area contributed by atoms with Gasteiger partial charge in [0.25, 0.3) is 0 Å². The number of aliphatic carboxylic acids is 1. The fourth-order valence-corrected chi connectivity index (χ4v) is 1.76. The van der Waals surface area contributed by atoms with Crippen molar-refractivity contribution < 1.29 is 19.4 Å². The number of carboxylic acids is 1. The Morgan fingerprint density at radius 2 is 2.28 bits per heavy atom. The number of hydrogen-bond donors (Lipinski definition) is 1. The highest BCUT2D eigenvalue weighted by atomic mass is 79.9.